The summed E-state index contributed by atoms with van der Waals surface area (Å²) in [6.07, 6.45) is 2.06. The summed E-state index contributed by atoms with van der Waals surface area (Å²) in [7, 11) is 0. The van der Waals surface area contributed by atoms with E-state index in [9.17, 15) is 9.59 Å². The van der Waals surface area contributed by atoms with Crippen LogP contribution >= 0.6 is 11.6 Å². The second-order valence-corrected chi connectivity index (χ2v) is 4.42. The van der Waals surface area contributed by atoms with Crippen molar-refractivity contribution < 1.29 is 9.59 Å². The van der Waals surface area contributed by atoms with Gasteiger partial charge in [-0.2, -0.15) is 0 Å². The highest BCUT2D eigenvalue weighted by molar-refractivity contribution is 6.17. The number of nitrogens with one attached hydrogen (secondary N) is 1. The molecule has 88 valence electrons. The first-order chi connectivity index (χ1) is 6.99. The van der Waals surface area contributed by atoms with E-state index in [1.807, 2.05) is 13.8 Å². The van der Waals surface area contributed by atoms with Gasteiger partial charge in [0.2, 0.25) is 5.91 Å². The minimum Gasteiger partial charge on any atom is -0.346 e. The summed E-state index contributed by atoms with van der Waals surface area (Å²) >= 11 is 5.51. The number of carbonyl (C=O) groups excluding carboxylic acids is 2. The van der Waals surface area contributed by atoms with Crippen LogP contribution in [-0.4, -0.2) is 23.6 Å². The zero-order valence-corrected chi connectivity index (χ0v) is 10.4. The molecular formula is C11H20ClNO2. The van der Waals surface area contributed by atoms with E-state index in [4.69, 9.17) is 11.6 Å². The molecule has 0 aromatic rings. The van der Waals surface area contributed by atoms with Crippen LogP contribution in [0.3, 0.4) is 0 Å². The van der Waals surface area contributed by atoms with Crippen LogP contribution in [0.2, 0.25) is 0 Å². The molecule has 0 heterocycles. The molecule has 0 fully saturated rings. The Morgan fingerprint density at radius 2 is 1.87 bits per heavy atom. The van der Waals surface area contributed by atoms with Crippen LogP contribution in [0.5, 0.6) is 0 Å². The maximum absolute atomic E-state index is 11.4. The van der Waals surface area contributed by atoms with Gasteiger partial charge in [-0.15, -0.1) is 11.6 Å². The highest BCUT2D eigenvalue weighted by Gasteiger charge is 2.19. The molecule has 0 aromatic carbocycles. The molecule has 0 spiro atoms. The molecule has 0 saturated heterocycles. The van der Waals surface area contributed by atoms with Gasteiger partial charge in [0.25, 0.3) is 0 Å². The molecule has 1 amide bonds. The number of hydrogen-bond acceptors (Lipinski definition) is 2. The Kier molecular flexibility index (Phi) is 7.39. The molecule has 1 atom stereocenters. The molecular weight excluding hydrogens is 214 g/mol. The smallest absolute Gasteiger partial charge is 0.220 e. The molecule has 0 rings (SSSR count). The van der Waals surface area contributed by atoms with Crippen molar-refractivity contribution in [1.29, 1.82) is 0 Å². The number of unbranched alkanes of at least 4 members (excludes halogenated alkanes) is 1. The molecule has 0 aliphatic heterocycles. The number of amides is 1. The lowest BCUT2D eigenvalue weighted by atomic mass is 10.0. The third kappa shape index (κ3) is 6.50. The molecule has 0 unspecified atom stereocenters. The average molecular weight is 234 g/mol. The number of halogens is 1. The van der Waals surface area contributed by atoms with E-state index in [-0.39, 0.29) is 23.7 Å². The Morgan fingerprint density at radius 3 is 2.27 bits per heavy atom. The van der Waals surface area contributed by atoms with Gasteiger partial charge in [-0.3, -0.25) is 9.59 Å². The zero-order chi connectivity index (χ0) is 11.8. The first kappa shape index (κ1) is 14.4. The van der Waals surface area contributed by atoms with Gasteiger partial charge in [-0.05, 0) is 25.7 Å². The standard InChI is InChI=1S/C11H20ClNO2/c1-8(2)11(9(3)14)13-10(15)6-4-5-7-12/h8,11H,4-7H2,1-3H3,(H,13,15)/t11-/m0/s1. The Labute approximate surface area is 96.6 Å². The molecule has 0 aliphatic carbocycles. The van der Waals surface area contributed by atoms with Gasteiger partial charge in [-0.1, -0.05) is 13.8 Å². The number of alkyl halides is 1. The molecule has 4 heteroatoms. The van der Waals surface area contributed by atoms with Crippen molar-refractivity contribution in [3.8, 4) is 0 Å². The number of carbonyl (C=O) groups is 2. The summed E-state index contributed by atoms with van der Waals surface area (Å²) in [4.78, 5) is 22.6. The highest BCUT2D eigenvalue weighted by atomic mass is 35.5. The second-order valence-electron chi connectivity index (χ2n) is 4.05. The van der Waals surface area contributed by atoms with E-state index in [0.717, 1.165) is 12.8 Å². The fraction of sp³-hybridized carbons (Fsp3) is 0.818. The Hall–Kier alpha value is -0.570. The van der Waals surface area contributed by atoms with E-state index in [0.29, 0.717) is 12.3 Å². The predicted molar refractivity (Wildman–Crippen MR) is 62.0 cm³/mol. The summed E-state index contributed by atoms with van der Waals surface area (Å²) in [5.74, 6) is 0.664. The van der Waals surface area contributed by atoms with Gasteiger partial charge in [0.05, 0.1) is 6.04 Å². The molecule has 0 aromatic heterocycles. The number of Topliss-reactive ketones (excluding diaryl/α,β-unsaturated/α-hetero) is 1. The second kappa shape index (κ2) is 7.69. The number of hydrogen-bond donors (Lipinski definition) is 1. The number of ketones is 1. The summed E-state index contributed by atoms with van der Waals surface area (Å²) in [6.45, 7) is 5.35. The molecule has 3 nitrogen and oxygen atoms in total. The highest BCUT2D eigenvalue weighted by Crippen LogP contribution is 2.04. The van der Waals surface area contributed by atoms with Crippen molar-refractivity contribution in [1.82, 2.24) is 5.32 Å². The quantitative estimate of drug-likeness (QED) is 0.541. The van der Waals surface area contributed by atoms with Crippen LogP contribution in [0, 0.1) is 5.92 Å². The summed E-state index contributed by atoms with van der Waals surface area (Å²) in [5.41, 5.74) is 0. The van der Waals surface area contributed by atoms with Gasteiger partial charge < -0.3 is 5.32 Å². The summed E-state index contributed by atoms with van der Waals surface area (Å²) in [6, 6.07) is -0.353. The first-order valence-electron chi connectivity index (χ1n) is 5.34. The monoisotopic (exact) mass is 233 g/mol. The third-order valence-electron chi connectivity index (χ3n) is 2.21. The van der Waals surface area contributed by atoms with Crippen LogP contribution < -0.4 is 5.32 Å². The maximum atomic E-state index is 11.4. The van der Waals surface area contributed by atoms with E-state index in [1.54, 1.807) is 0 Å². The van der Waals surface area contributed by atoms with Gasteiger partial charge in [0.15, 0.2) is 5.78 Å². The van der Waals surface area contributed by atoms with Gasteiger partial charge in [0.1, 0.15) is 0 Å². The lowest BCUT2D eigenvalue weighted by Gasteiger charge is -2.19. The van der Waals surface area contributed by atoms with Crippen molar-refractivity contribution >= 4 is 23.3 Å². The van der Waals surface area contributed by atoms with E-state index in [1.165, 1.54) is 6.92 Å². The van der Waals surface area contributed by atoms with Crippen molar-refractivity contribution in [2.24, 2.45) is 5.92 Å². The maximum Gasteiger partial charge on any atom is 0.220 e. The van der Waals surface area contributed by atoms with Crippen LogP contribution in [0.4, 0.5) is 0 Å². The molecule has 15 heavy (non-hydrogen) atoms. The molecule has 0 aliphatic rings. The fourth-order valence-corrected chi connectivity index (χ4v) is 1.55. The Balaban J connectivity index is 3.95. The molecule has 0 saturated carbocycles. The Bertz CT molecular complexity index is 217. The van der Waals surface area contributed by atoms with E-state index in [2.05, 4.69) is 5.32 Å². The fourth-order valence-electron chi connectivity index (χ4n) is 1.36. The van der Waals surface area contributed by atoms with Crippen molar-refractivity contribution in [3.05, 3.63) is 0 Å². The van der Waals surface area contributed by atoms with Crippen molar-refractivity contribution in [2.75, 3.05) is 5.88 Å². The largest absolute Gasteiger partial charge is 0.346 e. The predicted octanol–water partition coefficient (Wildman–Crippen LogP) is 2.13. The molecule has 0 radical (unpaired) electrons. The minimum absolute atomic E-state index is 0.00990. The summed E-state index contributed by atoms with van der Waals surface area (Å²) < 4.78 is 0. The van der Waals surface area contributed by atoms with Crippen LogP contribution in [-0.2, 0) is 9.59 Å². The van der Waals surface area contributed by atoms with Gasteiger partial charge in [0, 0.05) is 12.3 Å². The van der Waals surface area contributed by atoms with Crippen molar-refractivity contribution in [2.45, 2.75) is 46.1 Å². The van der Waals surface area contributed by atoms with E-state index < -0.39 is 0 Å². The van der Waals surface area contributed by atoms with Gasteiger partial charge in [-0.25, -0.2) is 0 Å². The topological polar surface area (TPSA) is 46.2 Å². The Morgan fingerprint density at radius 1 is 1.27 bits per heavy atom. The molecule has 0 bridgehead atoms. The van der Waals surface area contributed by atoms with Crippen LogP contribution in [0.1, 0.15) is 40.0 Å². The van der Waals surface area contributed by atoms with Gasteiger partial charge >= 0.3 is 0 Å². The SMILES string of the molecule is CC(=O)[C@@H](NC(=O)CCCCCl)C(C)C. The summed E-state index contributed by atoms with van der Waals surface area (Å²) in [5, 5.41) is 2.74. The van der Waals surface area contributed by atoms with Crippen LogP contribution in [0.15, 0.2) is 0 Å². The lowest BCUT2D eigenvalue weighted by Crippen LogP contribution is -2.43. The van der Waals surface area contributed by atoms with Crippen molar-refractivity contribution in [3.63, 3.8) is 0 Å². The number of rotatable bonds is 7. The first-order valence-corrected chi connectivity index (χ1v) is 5.88. The normalized spacial score (nSPS) is 12.6. The lowest BCUT2D eigenvalue weighted by molar-refractivity contribution is -0.127. The van der Waals surface area contributed by atoms with E-state index >= 15 is 0 Å². The van der Waals surface area contributed by atoms with Crippen LogP contribution in [0.25, 0.3) is 0 Å². The third-order valence-corrected chi connectivity index (χ3v) is 2.48. The average Bonchev–Trinajstić information content (AvgIpc) is 2.13. The minimum atomic E-state index is -0.353. The zero-order valence-electron chi connectivity index (χ0n) is 9.68. The molecule has 1 N–H and O–H groups in total.